The van der Waals surface area contributed by atoms with Gasteiger partial charge in [-0.25, -0.2) is 0 Å². The second kappa shape index (κ2) is 7.67. The molecule has 0 aliphatic carbocycles. The van der Waals surface area contributed by atoms with Crippen LogP contribution in [-0.4, -0.2) is 11.7 Å². The molecule has 2 N–H and O–H groups in total. The summed E-state index contributed by atoms with van der Waals surface area (Å²) in [7, 11) is 0. The molecular formula is C15H12ClF3N2O2S. The van der Waals surface area contributed by atoms with Crippen molar-refractivity contribution in [3.05, 3.63) is 51.2 Å². The number of anilines is 1. The van der Waals surface area contributed by atoms with Crippen LogP contribution in [0.3, 0.4) is 0 Å². The van der Waals surface area contributed by atoms with Crippen LogP contribution in [0.1, 0.15) is 28.1 Å². The topological polar surface area (TPSA) is 58.2 Å². The standard InChI is InChI=1S/C15H12ClF3N2O2S/c16-13-7-6-12(24-13)11(22)5-8-14(23)21-20-10-4-2-1-3-9(10)15(17,18)19/h1-4,6-7,20H,5,8H2,(H,21,23). The molecular weight excluding hydrogens is 365 g/mol. The summed E-state index contributed by atoms with van der Waals surface area (Å²) in [5.41, 5.74) is 3.23. The largest absolute Gasteiger partial charge is 0.418 e. The minimum atomic E-state index is -4.54. The summed E-state index contributed by atoms with van der Waals surface area (Å²) in [6.07, 6.45) is -4.76. The Morgan fingerprint density at radius 3 is 2.42 bits per heavy atom. The minimum Gasteiger partial charge on any atom is -0.298 e. The summed E-state index contributed by atoms with van der Waals surface area (Å²) >= 11 is 6.83. The normalized spacial score (nSPS) is 11.2. The van der Waals surface area contributed by atoms with E-state index in [9.17, 15) is 22.8 Å². The van der Waals surface area contributed by atoms with Crippen molar-refractivity contribution >= 4 is 40.3 Å². The summed E-state index contributed by atoms with van der Waals surface area (Å²) < 4.78 is 38.9. The van der Waals surface area contributed by atoms with Crippen molar-refractivity contribution in [2.45, 2.75) is 19.0 Å². The quantitative estimate of drug-likeness (QED) is 0.575. The number of carbonyl (C=O) groups excluding carboxylic acids is 2. The summed E-state index contributed by atoms with van der Waals surface area (Å²) in [5, 5.41) is 0. The van der Waals surface area contributed by atoms with Crippen molar-refractivity contribution < 1.29 is 22.8 Å². The maximum atomic E-state index is 12.8. The van der Waals surface area contributed by atoms with Gasteiger partial charge in [0.2, 0.25) is 5.91 Å². The van der Waals surface area contributed by atoms with E-state index < -0.39 is 17.6 Å². The third-order valence-electron chi connectivity index (χ3n) is 3.00. The van der Waals surface area contributed by atoms with Gasteiger partial charge in [-0.05, 0) is 24.3 Å². The molecule has 2 rings (SSSR count). The third kappa shape index (κ3) is 4.97. The molecule has 0 aliphatic heterocycles. The minimum absolute atomic E-state index is 0.0642. The number of nitrogens with one attached hydrogen (secondary N) is 2. The predicted octanol–water partition coefficient (Wildman–Crippen LogP) is 4.53. The number of hydrazine groups is 1. The third-order valence-corrected chi connectivity index (χ3v) is 4.27. The Balaban J connectivity index is 1.87. The summed E-state index contributed by atoms with van der Waals surface area (Å²) in [5.74, 6) is -0.847. The van der Waals surface area contributed by atoms with E-state index in [1.165, 1.54) is 18.2 Å². The smallest absolute Gasteiger partial charge is 0.298 e. The number of ketones is 1. The predicted molar refractivity (Wildman–Crippen MR) is 86.1 cm³/mol. The van der Waals surface area contributed by atoms with Crippen LogP contribution in [0, 0.1) is 0 Å². The average Bonchev–Trinajstić information content (AvgIpc) is 2.96. The Hall–Kier alpha value is -2.06. The second-order valence-corrected chi connectivity index (χ2v) is 6.46. The van der Waals surface area contributed by atoms with Gasteiger partial charge < -0.3 is 0 Å². The number of thiophene rings is 1. The van der Waals surface area contributed by atoms with E-state index in [1.807, 2.05) is 0 Å². The van der Waals surface area contributed by atoms with Gasteiger partial charge in [0.1, 0.15) is 0 Å². The highest BCUT2D eigenvalue weighted by Gasteiger charge is 2.33. The van der Waals surface area contributed by atoms with E-state index in [4.69, 9.17) is 11.6 Å². The molecule has 0 saturated carbocycles. The molecule has 1 amide bonds. The zero-order valence-corrected chi connectivity index (χ0v) is 13.7. The fourth-order valence-electron chi connectivity index (χ4n) is 1.85. The van der Waals surface area contributed by atoms with Crippen molar-refractivity contribution in [1.29, 1.82) is 0 Å². The van der Waals surface area contributed by atoms with Crippen molar-refractivity contribution in [2.75, 3.05) is 5.43 Å². The number of para-hydroxylation sites is 1. The fraction of sp³-hybridized carbons (Fsp3) is 0.200. The summed E-state index contributed by atoms with van der Waals surface area (Å²) in [6, 6.07) is 7.90. The number of benzene rings is 1. The SMILES string of the molecule is O=C(CCC(=O)c1ccc(Cl)s1)NNc1ccccc1C(F)(F)F. The van der Waals surface area contributed by atoms with Gasteiger partial charge in [-0.3, -0.25) is 20.4 Å². The first-order valence-electron chi connectivity index (χ1n) is 6.77. The number of amides is 1. The van der Waals surface area contributed by atoms with Gasteiger partial charge in [0.25, 0.3) is 0 Å². The van der Waals surface area contributed by atoms with Gasteiger partial charge in [0, 0.05) is 12.8 Å². The number of hydrogen-bond acceptors (Lipinski definition) is 4. The fourth-order valence-corrected chi connectivity index (χ4v) is 2.86. The van der Waals surface area contributed by atoms with Gasteiger partial charge in [-0.2, -0.15) is 13.2 Å². The molecule has 0 saturated heterocycles. The Labute approximate surface area is 144 Å². The number of halogens is 4. The Morgan fingerprint density at radius 2 is 1.79 bits per heavy atom. The molecule has 128 valence electrons. The highest BCUT2D eigenvalue weighted by atomic mass is 35.5. The van der Waals surface area contributed by atoms with Crippen LogP contribution >= 0.6 is 22.9 Å². The number of carbonyl (C=O) groups is 2. The Morgan fingerprint density at radius 1 is 1.08 bits per heavy atom. The van der Waals surface area contributed by atoms with Gasteiger partial charge >= 0.3 is 6.18 Å². The van der Waals surface area contributed by atoms with E-state index in [2.05, 4.69) is 10.9 Å². The summed E-state index contributed by atoms with van der Waals surface area (Å²) in [4.78, 5) is 23.9. The number of hydrogen-bond donors (Lipinski definition) is 2. The summed E-state index contributed by atoms with van der Waals surface area (Å²) in [6.45, 7) is 0. The van der Waals surface area contributed by atoms with Crippen molar-refractivity contribution in [3.8, 4) is 0 Å². The van der Waals surface area contributed by atoms with E-state index in [-0.39, 0.29) is 24.3 Å². The van der Waals surface area contributed by atoms with Gasteiger partial charge in [0.15, 0.2) is 5.78 Å². The van der Waals surface area contributed by atoms with E-state index >= 15 is 0 Å². The molecule has 24 heavy (non-hydrogen) atoms. The molecule has 1 aromatic carbocycles. The van der Waals surface area contributed by atoms with E-state index in [1.54, 1.807) is 12.1 Å². The highest BCUT2D eigenvalue weighted by Crippen LogP contribution is 2.34. The monoisotopic (exact) mass is 376 g/mol. The van der Waals surface area contributed by atoms with Crippen LogP contribution in [0.25, 0.3) is 0 Å². The van der Waals surface area contributed by atoms with Crippen LogP contribution < -0.4 is 10.9 Å². The first-order chi connectivity index (χ1) is 11.3. The lowest BCUT2D eigenvalue weighted by molar-refractivity contribution is -0.137. The van der Waals surface area contributed by atoms with E-state index in [0.717, 1.165) is 17.4 Å². The van der Waals surface area contributed by atoms with Crippen LogP contribution in [-0.2, 0) is 11.0 Å². The van der Waals surface area contributed by atoms with Gasteiger partial charge in [-0.1, -0.05) is 23.7 Å². The molecule has 0 spiro atoms. The number of rotatable bonds is 6. The molecule has 0 fully saturated rings. The first kappa shape index (κ1) is 18.3. The average molecular weight is 377 g/mol. The molecule has 0 bridgehead atoms. The number of Topliss-reactive ketones (excluding diaryl/α,β-unsaturated/α-hetero) is 1. The highest BCUT2D eigenvalue weighted by molar-refractivity contribution is 7.18. The lowest BCUT2D eigenvalue weighted by Crippen LogP contribution is -2.30. The molecule has 9 heteroatoms. The molecule has 0 aliphatic rings. The van der Waals surface area contributed by atoms with Crippen LogP contribution in [0.4, 0.5) is 18.9 Å². The molecule has 1 heterocycles. The van der Waals surface area contributed by atoms with Gasteiger partial charge in [-0.15, -0.1) is 11.3 Å². The first-order valence-corrected chi connectivity index (χ1v) is 7.96. The van der Waals surface area contributed by atoms with Crippen molar-refractivity contribution in [1.82, 2.24) is 5.43 Å². The zero-order chi connectivity index (χ0) is 17.7. The van der Waals surface area contributed by atoms with Crippen LogP contribution in [0.2, 0.25) is 4.34 Å². The second-order valence-electron chi connectivity index (χ2n) is 4.74. The molecule has 0 atom stereocenters. The maximum absolute atomic E-state index is 12.8. The van der Waals surface area contributed by atoms with E-state index in [0.29, 0.717) is 9.21 Å². The molecule has 4 nitrogen and oxygen atoms in total. The van der Waals surface area contributed by atoms with Crippen LogP contribution in [0.15, 0.2) is 36.4 Å². The van der Waals surface area contributed by atoms with Crippen molar-refractivity contribution in [3.63, 3.8) is 0 Å². The van der Waals surface area contributed by atoms with Gasteiger partial charge in [0.05, 0.1) is 20.5 Å². The van der Waals surface area contributed by atoms with Crippen LogP contribution in [0.5, 0.6) is 0 Å². The molecule has 1 aromatic heterocycles. The number of alkyl halides is 3. The molecule has 0 radical (unpaired) electrons. The van der Waals surface area contributed by atoms with Crippen molar-refractivity contribution in [2.24, 2.45) is 0 Å². The molecule has 0 unspecified atom stereocenters. The Kier molecular flexibility index (Phi) is 5.84. The molecule has 2 aromatic rings. The lowest BCUT2D eigenvalue weighted by Gasteiger charge is -2.14. The maximum Gasteiger partial charge on any atom is 0.418 e. The lowest BCUT2D eigenvalue weighted by atomic mass is 10.2. The Bertz CT molecular complexity index is 746. The zero-order valence-electron chi connectivity index (χ0n) is 12.1.